The second-order valence-electron chi connectivity index (χ2n) is 6.76. The zero-order chi connectivity index (χ0) is 18.1. The van der Waals surface area contributed by atoms with E-state index in [2.05, 4.69) is 57.0 Å². The van der Waals surface area contributed by atoms with E-state index in [9.17, 15) is 0 Å². The molecule has 6 heteroatoms. The Morgan fingerprint density at radius 3 is 2.81 bits per heavy atom. The topological polar surface area (TPSA) is 42.7 Å². The van der Waals surface area contributed by atoms with Crippen LogP contribution >= 0.6 is 11.3 Å². The van der Waals surface area contributed by atoms with Crippen LogP contribution < -0.4 is 0 Å². The minimum Gasteiger partial charge on any atom is -0.369 e. The zero-order valence-electron chi connectivity index (χ0n) is 14.9. The van der Waals surface area contributed by atoms with Gasteiger partial charge in [-0.3, -0.25) is 4.90 Å². The van der Waals surface area contributed by atoms with E-state index >= 15 is 0 Å². The third-order valence-electron chi connectivity index (χ3n) is 4.96. The number of aromatic nitrogens is 3. The van der Waals surface area contributed by atoms with Gasteiger partial charge in [-0.25, -0.2) is 4.52 Å². The van der Waals surface area contributed by atoms with E-state index in [4.69, 9.17) is 4.74 Å². The van der Waals surface area contributed by atoms with Gasteiger partial charge in [0.15, 0.2) is 0 Å². The first-order chi connectivity index (χ1) is 13.4. The zero-order valence-corrected chi connectivity index (χ0v) is 15.7. The summed E-state index contributed by atoms with van der Waals surface area (Å²) < 4.78 is 7.90. The summed E-state index contributed by atoms with van der Waals surface area (Å²) in [5.74, 6) is 0. The number of fused-ring (bicyclic) bond motifs is 1. The van der Waals surface area contributed by atoms with Gasteiger partial charge in [0.1, 0.15) is 11.8 Å². The monoisotopic (exact) mass is 376 g/mol. The molecule has 1 aromatic carbocycles. The Bertz CT molecular complexity index is 1030. The quantitative estimate of drug-likeness (QED) is 0.539. The Kier molecular flexibility index (Phi) is 4.45. The van der Waals surface area contributed by atoms with Gasteiger partial charge in [-0.2, -0.15) is 0 Å². The fourth-order valence-electron chi connectivity index (χ4n) is 3.58. The molecule has 1 atom stereocenters. The number of morpholine rings is 1. The first-order valence-corrected chi connectivity index (χ1v) is 10.0. The van der Waals surface area contributed by atoms with Crippen LogP contribution in [0.1, 0.15) is 16.7 Å². The summed E-state index contributed by atoms with van der Waals surface area (Å²) in [6, 6.07) is 18.8. The maximum atomic E-state index is 6.04. The van der Waals surface area contributed by atoms with Gasteiger partial charge in [0.2, 0.25) is 0 Å². The Labute approximate surface area is 161 Å². The molecule has 0 aliphatic carbocycles. The number of hydrogen-bond acceptors (Lipinski definition) is 5. The molecule has 0 saturated carbocycles. The van der Waals surface area contributed by atoms with Crippen molar-refractivity contribution in [2.24, 2.45) is 0 Å². The van der Waals surface area contributed by atoms with Crippen LogP contribution in [0.4, 0.5) is 0 Å². The lowest BCUT2D eigenvalue weighted by Gasteiger charge is -2.31. The summed E-state index contributed by atoms with van der Waals surface area (Å²) in [4.78, 5) is 3.82. The molecule has 3 aromatic heterocycles. The number of hydrogen-bond donors (Lipinski definition) is 0. The van der Waals surface area contributed by atoms with Crippen LogP contribution in [-0.2, 0) is 11.3 Å². The molecule has 5 nitrogen and oxygen atoms in total. The van der Waals surface area contributed by atoms with E-state index in [1.807, 2.05) is 28.9 Å². The molecule has 1 aliphatic rings. The summed E-state index contributed by atoms with van der Waals surface area (Å²) in [6.45, 7) is 3.48. The molecule has 4 aromatic rings. The van der Waals surface area contributed by atoms with E-state index in [0.29, 0.717) is 0 Å². The van der Waals surface area contributed by atoms with Gasteiger partial charge in [-0.1, -0.05) is 47.7 Å². The highest BCUT2D eigenvalue weighted by molar-refractivity contribution is 7.09. The number of ether oxygens (including phenoxy) is 1. The van der Waals surface area contributed by atoms with Crippen molar-refractivity contribution in [2.45, 2.75) is 12.6 Å². The fourth-order valence-corrected chi connectivity index (χ4v) is 4.33. The SMILES string of the molecule is c1ccc(-c2ccc3c([C@H]4CN(Cc5cccs5)CCO4)nnn3c2)cc1. The van der Waals surface area contributed by atoms with E-state index in [1.54, 1.807) is 11.3 Å². The van der Waals surface area contributed by atoms with Crippen LogP contribution in [0.3, 0.4) is 0 Å². The molecule has 136 valence electrons. The highest BCUT2D eigenvalue weighted by Gasteiger charge is 2.26. The minimum absolute atomic E-state index is 0.0428. The molecule has 0 N–H and O–H groups in total. The first-order valence-electron chi connectivity index (χ1n) is 9.13. The second-order valence-corrected chi connectivity index (χ2v) is 7.79. The van der Waals surface area contributed by atoms with E-state index in [0.717, 1.165) is 43.0 Å². The minimum atomic E-state index is -0.0428. The van der Waals surface area contributed by atoms with Crippen molar-refractivity contribution >= 4 is 16.9 Å². The molecule has 0 bridgehead atoms. The van der Waals surface area contributed by atoms with Gasteiger partial charge >= 0.3 is 0 Å². The standard InChI is InChI=1S/C21H20N4OS/c1-2-5-16(6-3-1)17-8-9-19-21(22-23-25(19)13-17)20-15-24(10-11-26-20)14-18-7-4-12-27-18/h1-9,12-13,20H,10-11,14-15H2/t20-/m1/s1. The molecule has 1 aliphatic heterocycles. The number of pyridine rings is 1. The molecule has 0 radical (unpaired) electrons. The van der Waals surface area contributed by atoms with Crippen molar-refractivity contribution in [1.29, 1.82) is 0 Å². The molecular weight excluding hydrogens is 356 g/mol. The van der Waals surface area contributed by atoms with Crippen LogP contribution in [0.25, 0.3) is 16.6 Å². The van der Waals surface area contributed by atoms with Crippen molar-refractivity contribution < 1.29 is 4.74 Å². The first kappa shape index (κ1) is 16.6. The van der Waals surface area contributed by atoms with Gasteiger partial charge in [0, 0.05) is 36.3 Å². The Hall–Kier alpha value is -2.54. The predicted molar refractivity (Wildman–Crippen MR) is 107 cm³/mol. The molecule has 0 unspecified atom stereocenters. The van der Waals surface area contributed by atoms with Crippen molar-refractivity contribution in [2.75, 3.05) is 19.7 Å². The lowest BCUT2D eigenvalue weighted by atomic mass is 10.1. The Morgan fingerprint density at radius 2 is 1.96 bits per heavy atom. The van der Waals surface area contributed by atoms with Crippen molar-refractivity contribution in [3.8, 4) is 11.1 Å². The van der Waals surface area contributed by atoms with Gasteiger partial charge in [-0.15, -0.1) is 16.4 Å². The van der Waals surface area contributed by atoms with Crippen LogP contribution in [-0.4, -0.2) is 39.4 Å². The van der Waals surface area contributed by atoms with E-state index in [-0.39, 0.29) is 6.10 Å². The fraction of sp³-hybridized carbons (Fsp3) is 0.238. The Balaban J connectivity index is 1.39. The van der Waals surface area contributed by atoms with Crippen LogP contribution in [0.5, 0.6) is 0 Å². The Morgan fingerprint density at radius 1 is 1.04 bits per heavy atom. The summed E-state index contributed by atoms with van der Waals surface area (Å²) in [5.41, 5.74) is 4.24. The molecule has 1 saturated heterocycles. The molecule has 27 heavy (non-hydrogen) atoms. The van der Waals surface area contributed by atoms with Gasteiger partial charge in [-0.05, 0) is 23.1 Å². The maximum Gasteiger partial charge on any atom is 0.121 e. The third-order valence-corrected chi connectivity index (χ3v) is 5.82. The average molecular weight is 376 g/mol. The highest BCUT2D eigenvalue weighted by atomic mass is 32.1. The number of benzene rings is 1. The molecule has 4 heterocycles. The van der Waals surface area contributed by atoms with Crippen LogP contribution in [0, 0.1) is 0 Å². The molecule has 0 amide bonds. The molecule has 5 rings (SSSR count). The molecule has 0 spiro atoms. The third kappa shape index (κ3) is 3.39. The highest BCUT2D eigenvalue weighted by Crippen LogP contribution is 2.27. The van der Waals surface area contributed by atoms with Gasteiger partial charge < -0.3 is 4.74 Å². The van der Waals surface area contributed by atoms with Crippen molar-refractivity contribution in [1.82, 2.24) is 19.7 Å². The van der Waals surface area contributed by atoms with Crippen molar-refractivity contribution in [3.05, 3.63) is 76.7 Å². The summed E-state index contributed by atoms with van der Waals surface area (Å²) in [5, 5.41) is 10.9. The summed E-state index contributed by atoms with van der Waals surface area (Å²) >= 11 is 1.80. The van der Waals surface area contributed by atoms with E-state index < -0.39 is 0 Å². The number of rotatable bonds is 4. The van der Waals surface area contributed by atoms with Crippen LogP contribution in [0.2, 0.25) is 0 Å². The second kappa shape index (κ2) is 7.23. The largest absolute Gasteiger partial charge is 0.369 e. The molecule has 1 fully saturated rings. The summed E-state index contributed by atoms with van der Waals surface area (Å²) in [7, 11) is 0. The van der Waals surface area contributed by atoms with Crippen molar-refractivity contribution in [3.63, 3.8) is 0 Å². The molecular formula is C21H20N4OS. The lowest BCUT2D eigenvalue weighted by Crippen LogP contribution is -2.37. The summed E-state index contributed by atoms with van der Waals surface area (Å²) in [6.07, 6.45) is 1.99. The average Bonchev–Trinajstić information content (AvgIpc) is 3.38. The predicted octanol–water partition coefficient (Wildman–Crippen LogP) is 4.03. The lowest BCUT2D eigenvalue weighted by molar-refractivity contribution is -0.0340. The van der Waals surface area contributed by atoms with Crippen LogP contribution in [0.15, 0.2) is 66.2 Å². The maximum absolute atomic E-state index is 6.04. The number of nitrogens with zero attached hydrogens (tertiary/aromatic N) is 4. The van der Waals surface area contributed by atoms with Gasteiger partial charge in [0.25, 0.3) is 0 Å². The van der Waals surface area contributed by atoms with E-state index in [1.165, 1.54) is 10.4 Å². The number of thiophene rings is 1. The van der Waals surface area contributed by atoms with Gasteiger partial charge in [0.05, 0.1) is 12.1 Å². The smallest absolute Gasteiger partial charge is 0.121 e. The normalized spacial score (nSPS) is 18.1.